The van der Waals surface area contributed by atoms with E-state index in [4.69, 9.17) is 0 Å². The van der Waals surface area contributed by atoms with Crippen molar-refractivity contribution in [3.8, 4) is 0 Å². The number of aryl methyl sites for hydroxylation is 1. The normalized spacial score (nSPS) is 15.7. The number of sulfonamides is 1. The molecule has 1 N–H and O–H groups in total. The maximum Gasteiger partial charge on any atom is 0.220 e. The van der Waals surface area contributed by atoms with Crippen molar-refractivity contribution in [2.24, 2.45) is 0 Å². The molecule has 30 heavy (non-hydrogen) atoms. The highest BCUT2D eigenvalue weighted by Gasteiger charge is 2.26. The molecule has 1 saturated heterocycles. The molecule has 1 heterocycles. The average molecular weight is 430 g/mol. The second-order valence-corrected chi connectivity index (χ2v) is 9.75. The fraction of sp³-hybridized carbons (Fsp3) is 0.435. The minimum Gasteiger partial charge on any atom is -0.355 e. The molecule has 3 rings (SSSR count). The second-order valence-electron chi connectivity index (χ2n) is 7.67. The highest BCUT2D eigenvalue weighted by molar-refractivity contribution is 7.89. The Morgan fingerprint density at radius 1 is 0.867 bits per heavy atom. The van der Waals surface area contributed by atoms with Gasteiger partial charge in [0.2, 0.25) is 15.9 Å². The molecule has 0 aliphatic carbocycles. The van der Waals surface area contributed by atoms with Crippen molar-refractivity contribution in [1.29, 1.82) is 0 Å². The molecule has 0 aromatic heterocycles. The molecule has 0 spiro atoms. The highest BCUT2D eigenvalue weighted by atomic mass is 32.2. The van der Waals surface area contributed by atoms with E-state index in [0.29, 0.717) is 19.5 Å². The summed E-state index contributed by atoms with van der Waals surface area (Å²) in [6.07, 6.45) is 2.01. The summed E-state index contributed by atoms with van der Waals surface area (Å²) in [7, 11) is -3.35. The predicted molar refractivity (Wildman–Crippen MR) is 119 cm³/mol. The lowest BCUT2D eigenvalue weighted by molar-refractivity contribution is -0.121. The SMILES string of the molecule is O=C(CCCc1ccccc1)NCCS(=O)(=O)N1CCN(Cc2ccccc2)CC1. The zero-order chi connectivity index (χ0) is 21.2. The summed E-state index contributed by atoms with van der Waals surface area (Å²) in [5.74, 6) is -0.135. The summed E-state index contributed by atoms with van der Waals surface area (Å²) in [6.45, 7) is 3.45. The number of hydrogen-bond acceptors (Lipinski definition) is 4. The summed E-state index contributed by atoms with van der Waals surface area (Å²) in [4.78, 5) is 14.3. The van der Waals surface area contributed by atoms with Gasteiger partial charge in [-0.3, -0.25) is 9.69 Å². The average Bonchev–Trinajstić information content (AvgIpc) is 2.75. The molecule has 162 valence electrons. The van der Waals surface area contributed by atoms with E-state index in [-0.39, 0.29) is 18.2 Å². The third-order valence-corrected chi connectivity index (χ3v) is 7.24. The third kappa shape index (κ3) is 7.23. The minimum atomic E-state index is -3.35. The number of piperazine rings is 1. The summed E-state index contributed by atoms with van der Waals surface area (Å²) < 4.78 is 26.7. The molecule has 1 fully saturated rings. The van der Waals surface area contributed by atoms with Crippen molar-refractivity contribution in [1.82, 2.24) is 14.5 Å². The molecular weight excluding hydrogens is 398 g/mol. The van der Waals surface area contributed by atoms with E-state index in [9.17, 15) is 13.2 Å². The van der Waals surface area contributed by atoms with Gasteiger partial charge < -0.3 is 5.32 Å². The van der Waals surface area contributed by atoms with Gasteiger partial charge in [-0.05, 0) is 24.0 Å². The number of rotatable bonds is 10. The van der Waals surface area contributed by atoms with E-state index in [1.54, 1.807) is 4.31 Å². The number of amides is 1. The van der Waals surface area contributed by atoms with Gasteiger partial charge in [0, 0.05) is 45.7 Å². The van der Waals surface area contributed by atoms with Gasteiger partial charge in [0.25, 0.3) is 0 Å². The second kappa shape index (κ2) is 11.2. The molecule has 2 aromatic carbocycles. The van der Waals surface area contributed by atoms with Gasteiger partial charge in [-0.15, -0.1) is 0 Å². The van der Waals surface area contributed by atoms with Crippen LogP contribution in [0.3, 0.4) is 0 Å². The van der Waals surface area contributed by atoms with Crippen LogP contribution >= 0.6 is 0 Å². The lowest BCUT2D eigenvalue weighted by Crippen LogP contribution is -2.49. The van der Waals surface area contributed by atoms with E-state index in [1.807, 2.05) is 48.5 Å². The van der Waals surface area contributed by atoms with Crippen molar-refractivity contribution < 1.29 is 13.2 Å². The van der Waals surface area contributed by atoms with E-state index in [1.165, 1.54) is 11.1 Å². The maximum atomic E-state index is 12.6. The first-order valence-corrected chi connectivity index (χ1v) is 12.2. The Bertz CT molecular complexity index is 880. The van der Waals surface area contributed by atoms with Crippen molar-refractivity contribution in [2.75, 3.05) is 38.5 Å². The van der Waals surface area contributed by atoms with Crippen LogP contribution in [0.2, 0.25) is 0 Å². The molecule has 0 saturated carbocycles. The van der Waals surface area contributed by atoms with E-state index >= 15 is 0 Å². The Hall–Kier alpha value is -2.22. The zero-order valence-electron chi connectivity index (χ0n) is 17.4. The first kappa shape index (κ1) is 22.5. The van der Waals surface area contributed by atoms with Crippen LogP contribution in [-0.4, -0.2) is 62.0 Å². The summed E-state index contributed by atoms with van der Waals surface area (Å²) in [5, 5.41) is 2.75. The molecule has 1 aliphatic heterocycles. The molecule has 2 aromatic rings. The molecule has 6 nitrogen and oxygen atoms in total. The molecule has 1 amide bonds. The van der Waals surface area contributed by atoms with Gasteiger partial charge in [-0.2, -0.15) is 4.31 Å². The van der Waals surface area contributed by atoms with Crippen LogP contribution in [0.4, 0.5) is 0 Å². The quantitative estimate of drug-likeness (QED) is 0.629. The summed E-state index contributed by atoms with van der Waals surface area (Å²) >= 11 is 0. The topological polar surface area (TPSA) is 69.7 Å². The summed E-state index contributed by atoms with van der Waals surface area (Å²) in [5.41, 5.74) is 2.45. The highest BCUT2D eigenvalue weighted by Crippen LogP contribution is 2.11. The van der Waals surface area contributed by atoms with Gasteiger partial charge in [-0.25, -0.2) is 8.42 Å². The van der Waals surface area contributed by atoms with Crippen LogP contribution in [0, 0.1) is 0 Å². The number of carbonyl (C=O) groups is 1. The largest absolute Gasteiger partial charge is 0.355 e. The molecule has 0 unspecified atom stereocenters. The van der Waals surface area contributed by atoms with Gasteiger partial charge in [0.1, 0.15) is 0 Å². The predicted octanol–water partition coefficient (Wildman–Crippen LogP) is 2.27. The minimum absolute atomic E-state index is 0.0455. The van der Waals surface area contributed by atoms with Crippen LogP contribution < -0.4 is 5.32 Å². The molecule has 0 bridgehead atoms. The number of benzene rings is 2. The Labute approximate surface area is 179 Å². The molecule has 1 aliphatic rings. The van der Waals surface area contributed by atoms with Crippen LogP contribution in [0.1, 0.15) is 24.0 Å². The fourth-order valence-electron chi connectivity index (χ4n) is 3.64. The van der Waals surface area contributed by atoms with E-state index in [0.717, 1.165) is 32.5 Å². The first-order chi connectivity index (χ1) is 14.5. The standard InChI is InChI=1S/C23H31N3O3S/c27-23(13-7-12-21-8-3-1-4-9-21)24-14-19-30(28,29)26-17-15-25(16-18-26)20-22-10-5-2-6-11-22/h1-6,8-11H,7,12-20H2,(H,24,27). The Morgan fingerprint density at radius 3 is 2.10 bits per heavy atom. The third-order valence-electron chi connectivity index (χ3n) is 5.37. The number of nitrogens with one attached hydrogen (secondary N) is 1. The number of nitrogens with zero attached hydrogens (tertiary/aromatic N) is 2. The van der Waals surface area contributed by atoms with Crippen molar-refractivity contribution in [3.05, 3.63) is 71.8 Å². The van der Waals surface area contributed by atoms with Crippen molar-refractivity contribution >= 4 is 15.9 Å². The summed E-state index contributed by atoms with van der Waals surface area (Å²) in [6, 6.07) is 20.3. The lowest BCUT2D eigenvalue weighted by atomic mass is 10.1. The monoisotopic (exact) mass is 429 g/mol. The molecule has 0 radical (unpaired) electrons. The smallest absolute Gasteiger partial charge is 0.220 e. The Morgan fingerprint density at radius 2 is 1.47 bits per heavy atom. The van der Waals surface area contributed by atoms with Crippen LogP contribution in [0.25, 0.3) is 0 Å². The van der Waals surface area contributed by atoms with Gasteiger partial charge in [0.05, 0.1) is 5.75 Å². The van der Waals surface area contributed by atoms with Crippen LogP contribution in [0.5, 0.6) is 0 Å². The molecule has 0 atom stereocenters. The fourth-order valence-corrected chi connectivity index (χ4v) is 4.98. The lowest BCUT2D eigenvalue weighted by Gasteiger charge is -2.34. The van der Waals surface area contributed by atoms with E-state index < -0.39 is 10.0 Å². The molecule has 7 heteroatoms. The van der Waals surface area contributed by atoms with E-state index in [2.05, 4.69) is 22.3 Å². The molecular formula is C23H31N3O3S. The Kier molecular flexibility index (Phi) is 8.42. The van der Waals surface area contributed by atoms with Crippen LogP contribution in [-0.2, 0) is 27.8 Å². The van der Waals surface area contributed by atoms with Crippen molar-refractivity contribution in [3.63, 3.8) is 0 Å². The Balaban J connectivity index is 1.32. The van der Waals surface area contributed by atoms with Gasteiger partial charge in [-0.1, -0.05) is 60.7 Å². The van der Waals surface area contributed by atoms with Crippen LogP contribution in [0.15, 0.2) is 60.7 Å². The number of carbonyl (C=O) groups excluding carboxylic acids is 1. The van der Waals surface area contributed by atoms with Gasteiger partial charge in [0.15, 0.2) is 0 Å². The first-order valence-electron chi connectivity index (χ1n) is 10.6. The van der Waals surface area contributed by atoms with Crippen molar-refractivity contribution in [2.45, 2.75) is 25.8 Å². The maximum absolute atomic E-state index is 12.6. The number of hydrogen-bond donors (Lipinski definition) is 1. The van der Waals surface area contributed by atoms with Gasteiger partial charge >= 0.3 is 0 Å². The zero-order valence-corrected chi connectivity index (χ0v) is 18.2.